The van der Waals surface area contributed by atoms with Crippen LogP contribution in [0.5, 0.6) is 17.4 Å². The zero-order chi connectivity index (χ0) is 15.2. The number of rotatable bonds is 6. The number of anilines is 1. The molecule has 2 N–H and O–H groups in total. The summed E-state index contributed by atoms with van der Waals surface area (Å²) in [5.74, 6) is 1.04. The van der Waals surface area contributed by atoms with Crippen molar-refractivity contribution in [3.8, 4) is 17.4 Å². The van der Waals surface area contributed by atoms with E-state index in [1.54, 1.807) is 18.2 Å². The molecule has 0 aliphatic rings. The van der Waals surface area contributed by atoms with Gasteiger partial charge < -0.3 is 15.2 Å². The highest BCUT2D eigenvalue weighted by Gasteiger charge is 2.14. The molecule has 7 nitrogen and oxygen atoms in total. The second-order valence-electron chi connectivity index (χ2n) is 4.21. The first-order valence-electron chi connectivity index (χ1n) is 6.42. The van der Waals surface area contributed by atoms with E-state index in [1.807, 2.05) is 13.0 Å². The van der Waals surface area contributed by atoms with Crippen molar-refractivity contribution in [2.24, 2.45) is 0 Å². The molecule has 0 amide bonds. The Morgan fingerprint density at radius 2 is 1.95 bits per heavy atom. The molecule has 0 atom stereocenters. The van der Waals surface area contributed by atoms with E-state index in [2.05, 4.69) is 4.98 Å². The van der Waals surface area contributed by atoms with Gasteiger partial charge in [-0.05, 0) is 18.6 Å². The number of ether oxygens (including phenoxy) is 2. The third-order valence-corrected chi connectivity index (χ3v) is 2.60. The summed E-state index contributed by atoms with van der Waals surface area (Å²) in [5.41, 5.74) is 5.28. The summed E-state index contributed by atoms with van der Waals surface area (Å²) in [7, 11) is 0. The summed E-state index contributed by atoms with van der Waals surface area (Å²) >= 11 is 0. The molecular weight excluding hydrogens is 274 g/mol. The zero-order valence-corrected chi connectivity index (χ0v) is 11.5. The minimum absolute atomic E-state index is 0.172. The first-order valence-corrected chi connectivity index (χ1v) is 6.42. The van der Waals surface area contributed by atoms with Crippen LogP contribution in [0.2, 0.25) is 0 Å². The second kappa shape index (κ2) is 6.56. The summed E-state index contributed by atoms with van der Waals surface area (Å²) in [6.45, 7) is 2.57. The van der Waals surface area contributed by atoms with Crippen molar-refractivity contribution in [1.29, 1.82) is 0 Å². The summed E-state index contributed by atoms with van der Waals surface area (Å²) in [6.07, 6.45) is 0.872. The lowest BCUT2D eigenvalue weighted by molar-refractivity contribution is -0.384. The Labute approximate surface area is 121 Å². The molecule has 1 heterocycles. The molecule has 0 unspecified atom stereocenters. The van der Waals surface area contributed by atoms with Gasteiger partial charge in [0.2, 0.25) is 11.7 Å². The molecule has 0 saturated carbocycles. The zero-order valence-electron chi connectivity index (χ0n) is 11.5. The number of nitrogens with two attached hydrogens (primary N) is 1. The SMILES string of the molecule is CCCOc1ccccc1Oc1ccc([N+](=O)[O-])c(N)n1. The third kappa shape index (κ3) is 3.59. The lowest BCUT2D eigenvalue weighted by atomic mass is 10.3. The fourth-order valence-electron chi connectivity index (χ4n) is 1.64. The van der Waals surface area contributed by atoms with Crippen molar-refractivity contribution in [2.75, 3.05) is 12.3 Å². The molecule has 0 spiro atoms. The monoisotopic (exact) mass is 289 g/mol. The number of benzene rings is 1. The summed E-state index contributed by atoms with van der Waals surface area (Å²) in [6, 6.07) is 9.78. The molecule has 2 aromatic rings. The molecule has 0 aliphatic carbocycles. The van der Waals surface area contributed by atoms with E-state index in [-0.39, 0.29) is 17.4 Å². The van der Waals surface area contributed by atoms with Crippen LogP contribution in [0.15, 0.2) is 36.4 Å². The van der Waals surface area contributed by atoms with E-state index in [0.29, 0.717) is 18.1 Å². The molecule has 0 bridgehead atoms. The number of pyridine rings is 1. The summed E-state index contributed by atoms with van der Waals surface area (Å²) < 4.78 is 11.1. The Morgan fingerprint density at radius 1 is 1.24 bits per heavy atom. The van der Waals surface area contributed by atoms with Gasteiger partial charge in [0.25, 0.3) is 0 Å². The van der Waals surface area contributed by atoms with Gasteiger partial charge in [-0.1, -0.05) is 19.1 Å². The maximum Gasteiger partial charge on any atom is 0.311 e. The Kier molecular flexibility index (Phi) is 4.55. The van der Waals surface area contributed by atoms with Crippen LogP contribution >= 0.6 is 0 Å². The molecular formula is C14H15N3O4. The molecule has 110 valence electrons. The Balaban J connectivity index is 2.22. The average Bonchev–Trinajstić information content (AvgIpc) is 2.46. The first kappa shape index (κ1) is 14.6. The van der Waals surface area contributed by atoms with Gasteiger partial charge in [-0.25, -0.2) is 0 Å². The van der Waals surface area contributed by atoms with E-state index < -0.39 is 4.92 Å². The number of hydrogen-bond donors (Lipinski definition) is 1. The van der Waals surface area contributed by atoms with Gasteiger partial charge in [0.15, 0.2) is 11.5 Å². The standard InChI is InChI=1S/C14H15N3O4/c1-2-9-20-11-5-3-4-6-12(11)21-13-8-7-10(17(18)19)14(15)16-13/h3-8H,2,9H2,1H3,(H2,15,16). The lowest BCUT2D eigenvalue weighted by Crippen LogP contribution is -2.01. The van der Waals surface area contributed by atoms with Gasteiger partial charge in [-0.3, -0.25) is 10.1 Å². The van der Waals surface area contributed by atoms with Gasteiger partial charge in [0.05, 0.1) is 11.5 Å². The van der Waals surface area contributed by atoms with Crippen molar-refractivity contribution in [1.82, 2.24) is 4.98 Å². The maximum absolute atomic E-state index is 10.7. The average molecular weight is 289 g/mol. The third-order valence-electron chi connectivity index (χ3n) is 2.60. The fraction of sp³-hybridized carbons (Fsp3) is 0.214. The van der Waals surface area contributed by atoms with Gasteiger partial charge in [-0.2, -0.15) is 4.98 Å². The van der Waals surface area contributed by atoms with E-state index in [4.69, 9.17) is 15.2 Å². The smallest absolute Gasteiger partial charge is 0.311 e. The van der Waals surface area contributed by atoms with E-state index in [1.165, 1.54) is 12.1 Å². The van der Waals surface area contributed by atoms with Crippen LogP contribution < -0.4 is 15.2 Å². The van der Waals surface area contributed by atoms with Gasteiger partial charge in [-0.15, -0.1) is 0 Å². The molecule has 1 aromatic carbocycles. The molecule has 0 radical (unpaired) electrons. The summed E-state index contributed by atoms with van der Waals surface area (Å²) in [5, 5.41) is 10.7. The largest absolute Gasteiger partial charge is 0.490 e. The van der Waals surface area contributed by atoms with Crippen LogP contribution in [0.3, 0.4) is 0 Å². The number of nitrogens with zero attached hydrogens (tertiary/aromatic N) is 2. The van der Waals surface area contributed by atoms with Crippen LogP contribution in [0, 0.1) is 10.1 Å². The molecule has 7 heteroatoms. The number of aromatic nitrogens is 1. The second-order valence-corrected chi connectivity index (χ2v) is 4.21. The van der Waals surface area contributed by atoms with E-state index >= 15 is 0 Å². The lowest BCUT2D eigenvalue weighted by Gasteiger charge is -2.11. The van der Waals surface area contributed by atoms with Gasteiger partial charge in [0.1, 0.15) is 0 Å². The van der Waals surface area contributed by atoms with E-state index in [0.717, 1.165) is 6.42 Å². The van der Waals surface area contributed by atoms with Crippen LogP contribution in [0.1, 0.15) is 13.3 Å². The highest BCUT2D eigenvalue weighted by Crippen LogP contribution is 2.32. The van der Waals surface area contributed by atoms with E-state index in [9.17, 15) is 10.1 Å². The van der Waals surface area contributed by atoms with Crippen molar-refractivity contribution >= 4 is 11.5 Å². The van der Waals surface area contributed by atoms with Crippen molar-refractivity contribution in [3.63, 3.8) is 0 Å². The van der Waals surface area contributed by atoms with Crippen molar-refractivity contribution in [2.45, 2.75) is 13.3 Å². The summed E-state index contributed by atoms with van der Waals surface area (Å²) in [4.78, 5) is 14.0. The minimum atomic E-state index is -0.593. The molecule has 0 fully saturated rings. The minimum Gasteiger partial charge on any atom is -0.490 e. The predicted molar refractivity (Wildman–Crippen MR) is 77.6 cm³/mol. The Bertz CT molecular complexity index is 646. The molecule has 0 aliphatic heterocycles. The van der Waals surface area contributed by atoms with Crippen LogP contribution in [0.4, 0.5) is 11.5 Å². The molecule has 0 saturated heterocycles. The number of hydrogen-bond acceptors (Lipinski definition) is 6. The Morgan fingerprint density at radius 3 is 2.57 bits per heavy atom. The number of nitro groups is 1. The van der Waals surface area contributed by atoms with Crippen molar-refractivity contribution in [3.05, 3.63) is 46.5 Å². The van der Waals surface area contributed by atoms with Crippen molar-refractivity contribution < 1.29 is 14.4 Å². The first-order chi connectivity index (χ1) is 10.1. The van der Waals surface area contributed by atoms with Gasteiger partial charge in [0, 0.05) is 12.1 Å². The van der Waals surface area contributed by atoms with Crippen LogP contribution in [-0.4, -0.2) is 16.5 Å². The number of para-hydroxylation sites is 2. The van der Waals surface area contributed by atoms with Gasteiger partial charge >= 0.3 is 5.69 Å². The van der Waals surface area contributed by atoms with Crippen LogP contribution in [-0.2, 0) is 0 Å². The fourth-order valence-corrected chi connectivity index (χ4v) is 1.64. The number of nitrogen functional groups attached to an aromatic ring is 1. The predicted octanol–water partition coefficient (Wildman–Crippen LogP) is 3.15. The Hall–Kier alpha value is -2.83. The molecule has 21 heavy (non-hydrogen) atoms. The molecule has 1 aromatic heterocycles. The molecule has 2 rings (SSSR count). The highest BCUT2D eigenvalue weighted by atomic mass is 16.6. The quantitative estimate of drug-likeness (QED) is 0.647. The maximum atomic E-state index is 10.7. The normalized spacial score (nSPS) is 10.1. The van der Waals surface area contributed by atoms with Crippen LogP contribution in [0.25, 0.3) is 0 Å². The highest BCUT2D eigenvalue weighted by molar-refractivity contribution is 5.54. The topological polar surface area (TPSA) is 101 Å².